The Bertz CT molecular complexity index is 1300. The molecule has 140 valence electrons. The van der Waals surface area contributed by atoms with Crippen LogP contribution in [0.1, 0.15) is 25.3 Å². The van der Waals surface area contributed by atoms with Crippen LogP contribution in [0.15, 0.2) is 40.2 Å². The van der Waals surface area contributed by atoms with Gasteiger partial charge in [-0.05, 0) is 19.1 Å². The van der Waals surface area contributed by atoms with E-state index in [0.717, 1.165) is 9.13 Å². The van der Waals surface area contributed by atoms with Crippen molar-refractivity contribution in [3.63, 3.8) is 0 Å². The van der Waals surface area contributed by atoms with E-state index in [1.165, 1.54) is 29.6 Å². The third-order valence-corrected chi connectivity index (χ3v) is 4.78. The van der Waals surface area contributed by atoms with Crippen molar-refractivity contribution in [1.82, 2.24) is 28.2 Å². The van der Waals surface area contributed by atoms with Gasteiger partial charge in [-0.1, -0.05) is 12.1 Å². The summed E-state index contributed by atoms with van der Waals surface area (Å²) in [6, 6.07) is 5.90. The molecule has 0 bridgehead atoms. The minimum atomic E-state index is -2.79. The molecule has 0 fully saturated rings. The molecule has 4 aromatic rings. The second-order valence-corrected chi connectivity index (χ2v) is 6.31. The molecule has 10 heteroatoms. The van der Waals surface area contributed by atoms with Gasteiger partial charge < -0.3 is 4.57 Å². The molecule has 4 rings (SSSR count). The lowest BCUT2D eigenvalue weighted by atomic mass is 10.3. The summed E-state index contributed by atoms with van der Waals surface area (Å²) in [4.78, 5) is 33.2. The van der Waals surface area contributed by atoms with Crippen molar-refractivity contribution in [3.8, 4) is 0 Å². The highest BCUT2D eigenvalue weighted by atomic mass is 19.3. The van der Waals surface area contributed by atoms with Gasteiger partial charge in [-0.25, -0.2) is 14.8 Å². The largest absolute Gasteiger partial charge is 0.332 e. The van der Waals surface area contributed by atoms with E-state index in [1.807, 2.05) is 0 Å². The summed E-state index contributed by atoms with van der Waals surface area (Å²) < 4.78 is 32.0. The Kier molecular flexibility index (Phi) is 3.72. The molecule has 0 amide bonds. The molecule has 8 nitrogen and oxygen atoms in total. The molecule has 0 spiro atoms. The van der Waals surface area contributed by atoms with Crippen LogP contribution in [-0.4, -0.2) is 28.2 Å². The number of para-hydroxylation sites is 2. The van der Waals surface area contributed by atoms with Gasteiger partial charge >= 0.3 is 12.2 Å². The minimum Gasteiger partial charge on any atom is -0.314 e. The summed E-state index contributed by atoms with van der Waals surface area (Å²) in [6.07, 6.45) is 1.37. The van der Waals surface area contributed by atoms with Crippen LogP contribution >= 0.6 is 0 Å². The second-order valence-electron chi connectivity index (χ2n) is 6.31. The zero-order valence-electron chi connectivity index (χ0n) is 14.8. The topological polar surface area (TPSA) is 79.6 Å². The van der Waals surface area contributed by atoms with Gasteiger partial charge in [0.15, 0.2) is 11.2 Å². The third kappa shape index (κ3) is 2.32. The summed E-state index contributed by atoms with van der Waals surface area (Å²) in [5.74, 6) is 0.0985. The first-order chi connectivity index (χ1) is 12.8. The van der Waals surface area contributed by atoms with E-state index in [1.54, 1.807) is 31.2 Å². The van der Waals surface area contributed by atoms with Gasteiger partial charge in [-0.2, -0.15) is 8.78 Å². The van der Waals surface area contributed by atoms with Gasteiger partial charge in [-0.3, -0.25) is 18.5 Å². The van der Waals surface area contributed by atoms with Crippen molar-refractivity contribution >= 4 is 22.2 Å². The van der Waals surface area contributed by atoms with Crippen molar-refractivity contribution in [2.45, 2.75) is 19.5 Å². The Morgan fingerprint density at radius 1 is 1.07 bits per heavy atom. The normalized spacial score (nSPS) is 13.1. The number of alkyl halides is 2. The van der Waals surface area contributed by atoms with E-state index in [9.17, 15) is 18.4 Å². The molecule has 3 aromatic heterocycles. The van der Waals surface area contributed by atoms with Gasteiger partial charge in [0, 0.05) is 14.1 Å². The van der Waals surface area contributed by atoms with Crippen LogP contribution in [0, 0.1) is 0 Å². The first kappa shape index (κ1) is 17.1. The number of hydrogen-bond donors (Lipinski definition) is 0. The maximum absolute atomic E-state index is 13.8. The number of rotatable bonds is 3. The highest BCUT2D eigenvalue weighted by Crippen LogP contribution is 2.29. The fraction of sp³-hybridized carbons (Fsp3) is 0.294. The Morgan fingerprint density at radius 2 is 1.78 bits per heavy atom. The van der Waals surface area contributed by atoms with E-state index < -0.39 is 23.8 Å². The average molecular weight is 374 g/mol. The number of benzene rings is 1. The van der Waals surface area contributed by atoms with Crippen LogP contribution < -0.4 is 11.2 Å². The number of aromatic nitrogens is 6. The fourth-order valence-corrected chi connectivity index (χ4v) is 3.35. The zero-order valence-corrected chi connectivity index (χ0v) is 14.8. The molecule has 1 unspecified atom stereocenters. The van der Waals surface area contributed by atoms with Crippen molar-refractivity contribution < 1.29 is 8.78 Å². The number of aryl methyl sites for hydroxylation is 1. The molecule has 0 saturated carbocycles. The molecular formula is C17H16F2N6O2. The summed E-state index contributed by atoms with van der Waals surface area (Å²) in [5, 5.41) is 0. The molecule has 0 aliphatic carbocycles. The van der Waals surface area contributed by atoms with Crippen molar-refractivity contribution in [3.05, 3.63) is 57.3 Å². The fourth-order valence-electron chi connectivity index (χ4n) is 3.35. The van der Waals surface area contributed by atoms with E-state index in [0.29, 0.717) is 11.0 Å². The average Bonchev–Trinajstić information content (AvgIpc) is 3.26. The van der Waals surface area contributed by atoms with Gasteiger partial charge in [0.25, 0.3) is 5.56 Å². The summed E-state index contributed by atoms with van der Waals surface area (Å²) >= 11 is 0. The van der Waals surface area contributed by atoms with Gasteiger partial charge in [0.1, 0.15) is 5.82 Å². The molecule has 0 aliphatic heterocycles. The number of imidazole rings is 2. The molecule has 27 heavy (non-hydrogen) atoms. The smallest absolute Gasteiger partial charge is 0.314 e. The lowest BCUT2D eigenvalue weighted by Crippen LogP contribution is -2.37. The van der Waals surface area contributed by atoms with Crippen LogP contribution in [-0.2, 0) is 14.1 Å². The highest BCUT2D eigenvalue weighted by Gasteiger charge is 2.25. The molecule has 0 N–H and O–H groups in total. The Labute approximate surface area is 150 Å². The number of hydrogen-bond acceptors (Lipinski definition) is 4. The predicted molar refractivity (Wildman–Crippen MR) is 95.0 cm³/mol. The van der Waals surface area contributed by atoms with E-state index in [-0.39, 0.29) is 17.0 Å². The van der Waals surface area contributed by atoms with Crippen molar-refractivity contribution in [2.24, 2.45) is 14.1 Å². The Morgan fingerprint density at radius 3 is 2.48 bits per heavy atom. The lowest BCUT2D eigenvalue weighted by molar-refractivity contribution is 0.0700. The molecular weight excluding hydrogens is 358 g/mol. The maximum atomic E-state index is 13.8. The van der Waals surface area contributed by atoms with Gasteiger partial charge in [0.05, 0.1) is 23.4 Å². The Balaban J connectivity index is 2.01. The highest BCUT2D eigenvalue weighted by molar-refractivity contribution is 5.76. The predicted octanol–water partition coefficient (Wildman–Crippen LogP) is 1.79. The SMILES string of the molecule is CC(c1nc2ccccc2n1C(F)F)n1cnc2c1c(=O)n(C)c(=O)n2C. The number of halogens is 2. The lowest BCUT2D eigenvalue weighted by Gasteiger charge is -2.16. The van der Waals surface area contributed by atoms with Crippen molar-refractivity contribution in [2.75, 3.05) is 0 Å². The number of fused-ring (bicyclic) bond motifs is 2. The molecule has 1 aromatic carbocycles. The van der Waals surface area contributed by atoms with Crippen molar-refractivity contribution in [1.29, 1.82) is 0 Å². The van der Waals surface area contributed by atoms with E-state index in [4.69, 9.17) is 0 Å². The minimum absolute atomic E-state index is 0.0985. The Hall–Kier alpha value is -3.30. The van der Waals surface area contributed by atoms with E-state index in [2.05, 4.69) is 9.97 Å². The number of nitrogens with zero attached hydrogens (tertiary/aromatic N) is 6. The quantitative estimate of drug-likeness (QED) is 0.548. The molecule has 3 heterocycles. The standard InChI is InChI=1S/C17H16F2N6O2/c1-9(13-21-10-6-4-5-7-11(10)25(13)16(18)19)24-8-20-14-12(24)15(26)23(3)17(27)22(14)2/h4-9,16H,1-3H3. The molecule has 1 atom stereocenters. The molecule has 0 saturated heterocycles. The van der Waals surface area contributed by atoms with Crippen LogP contribution in [0.3, 0.4) is 0 Å². The van der Waals surface area contributed by atoms with Crippen LogP contribution in [0.2, 0.25) is 0 Å². The maximum Gasteiger partial charge on any atom is 0.332 e. The van der Waals surface area contributed by atoms with Crippen LogP contribution in [0.5, 0.6) is 0 Å². The van der Waals surface area contributed by atoms with E-state index >= 15 is 0 Å². The summed E-state index contributed by atoms with van der Waals surface area (Å²) in [6.45, 7) is -1.14. The summed E-state index contributed by atoms with van der Waals surface area (Å²) in [7, 11) is 2.86. The summed E-state index contributed by atoms with van der Waals surface area (Å²) in [5.41, 5.74) is 0.0282. The molecule has 0 aliphatic rings. The van der Waals surface area contributed by atoms with Gasteiger partial charge in [-0.15, -0.1) is 0 Å². The molecule has 0 radical (unpaired) electrons. The third-order valence-electron chi connectivity index (χ3n) is 4.78. The zero-order chi connectivity index (χ0) is 19.5. The first-order valence-corrected chi connectivity index (χ1v) is 8.20. The van der Waals surface area contributed by atoms with Crippen LogP contribution in [0.4, 0.5) is 8.78 Å². The second kappa shape index (κ2) is 5.86. The van der Waals surface area contributed by atoms with Crippen LogP contribution in [0.25, 0.3) is 22.2 Å². The monoisotopic (exact) mass is 374 g/mol. The first-order valence-electron chi connectivity index (χ1n) is 8.20. The van der Waals surface area contributed by atoms with Gasteiger partial charge in [0.2, 0.25) is 0 Å².